The van der Waals surface area contributed by atoms with Gasteiger partial charge in [-0.3, -0.25) is 0 Å². The Morgan fingerprint density at radius 2 is 1.35 bits per heavy atom. The van der Waals surface area contributed by atoms with Crippen LogP contribution in [0.15, 0.2) is 78.9 Å². The summed E-state index contributed by atoms with van der Waals surface area (Å²) in [6.07, 6.45) is 0. The highest BCUT2D eigenvalue weighted by Gasteiger charge is 2.35. The molecule has 0 aliphatic heterocycles. The van der Waals surface area contributed by atoms with Gasteiger partial charge >= 0.3 is 0 Å². The first-order chi connectivity index (χ1) is 12.6. The number of fused-ring (bicyclic) bond motifs is 4. The van der Waals surface area contributed by atoms with Gasteiger partial charge in [-0.25, -0.2) is 0 Å². The maximum Gasteiger partial charge on any atom is 0.0485 e. The summed E-state index contributed by atoms with van der Waals surface area (Å²) >= 11 is 6.62. The van der Waals surface area contributed by atoms with Gasteiger partial charge in [0, 0.05) is 15.8 Å². The molecule has 0 amide bonds. The molecule has 0 saturated carbocycles. The molecule has 5 rings (SSSR count). The van der Waals surface area contributed by atoms with Crippen molar-refractivity contribution < 1.29 is 0 Å². The summed E-state index contributed by atoms with van der Waals surface area (Å²) in [5, 5.41) is 3.16. The van der Waals surface area contributed by atoms with E-state index in [2.05, 4.69) is 86.6 Å². The normalized spacial score (nSPS) is 14.3. The lowest BCUT2D eigenvalue weighted by atomic mass is 9.81. The van der Waals surface area contributed by atoms with Crippen molar-refractivity contribution in [1.29, 1.82) is 0 Å². The van der Waals surface area contributed by atoms with Crippen molar-refractivity contribution >= 4 is 22.4 Å². The minimum atomic E-state index is -0.00358. The maximum atomic E-state index is 6.62. The van der Waals surface area contributed by atoms with E-state index in [0.717, 1.165) is 10.4 Å². The van der Waals surface area contributed by atoms with Crippen LogP contribution in [0.4, 0.5) is 0 Å². The first-order valence-electron chi connectivity index (χ1n) is 8.99. The van der Waals surface area contributed by atoms with Crippen LogP contribution in [0.1, 0.15) is 25.0 Å². The Morgan fingerprint density at radius 3 is 2.15 bits per heavy atom. The predicted octanol–water partition coefficient (Wildman–Crippen LogP) is 7.47. The molecular weight excluding hydrogens is 336 g/mol. The standard InChI is InChI=1S/C25H19Cl/c1-25(2)22-11-7-6-10-18(22)20-14-21-19(15-23(20)25)17(12-13-24(21)26)16-8-4-3-5-9-16/h3-15H,1-2H3. The monoisotopic (exact) mass is 354 g/mol. The molecule has 0 aromatic heterocycles. The molecule has 0 N–H and O–H groups in total. The van der Waals surface area contributed by atoms with Gasteiger partial charge in [-0.1, -0.05) is 86.1 Å². The second-order valence-corrected chi connectivity index (χ2v) is 7.98. The average molecular weight is 355 g/mol. The molecule has 1 heteroatoms. The molecule has 0 fully saturated rings. The maximum absolute atomic E-state index is 6.62. The zero-order valence-corrected chi connectivity index (χ0v) is 15.6. The SMILES string of the molecule is CC1(C)c2ccccc2-c2cc3c(Cl)ccc(-c4ccccc4)c3cc21. The Labute approximate surface area is 159 Å². The van der Waals surface area contributed by atoms with E-state index >= 15 is 0 Å². The molecule has 126 valence electrons. The molecule has 0 unspecified atom stereocenters. The zero-order valence-electron chi connectivity index (χ0n) is 14.9. The molecule has 26 heavy (non-hydrogen) atoms. The minimum Gasteiger partial charge on any atom is -0.0837 e. The van der Waals surface area contributed by atoms with Gasteiger partial charge in [0.15, 0.2) is 0 Å². The van der Waals surface area contributed by atoms with E-state index in [-0.39, 0.29) is 5.41 Å². The Morgan fingerprint density at radius 1 is 0.615 bits per heavy atom. The number of hydrogen-bond acceptors (Lipinski definition) is 0. The summed E-state index contributed by atoms with van der Waals surface area (Å²) < 4.78 is 0. The van der Waals surface area contributed by atoms with Gasteiger partial charge in [-0.05, 0) is 57.0 Å². The zero-order chi connectivity index (χ0) is 17.9. The summed E-state index contributed by atoms with van der Waals surface area (Å²) in [5.74, 6) is 0. The fourth-order valence-corrected chi connectivity index (χ4v) is 4.59. The Balaban J connectivity index is 1.88. The largest absolute Gasteiger partial charge is 0.0837 e. The van der Waals surface area contributed by atoms with Crippen molar-refractivity contribution in [2.75, 3.05) is 0 Å². The first kappa shape index (κ1) is 15.7. The second kappa shape index (κ2) is 5.46. The Kier molecular flexibility index (Phi) is 3.29. The van der Waals surface area contributed by atoms with E-state index in [4.69, 9.17) is 11.6 Å². The van der Waals surface area contributed by atoms with Crippen molar-refractivity contribution in [3.05, 3.63) is 95.0 Å². The van der Waals surface area contributed by atoms with Crippen LogP contribution in [0.2, 0.25) is 5.02 Å². The molecule has 4 aromatic rings. The van der Waals surface area contributed by atoms with E-state index in [1.807, 2.05) is 6.07 Å². The summed E-state index contributed by atoms with van der Waals surface area (Å²) in [6.45, 7) is 4.63. The lowest BCUT2D eigenvalue weighted by molar-refractivity contribution is 0.661. The third-order valence-corrected chi connectivity index (χ3v) is 6.08. The third-order valence-electron chi connectivity index (χ3n) is 5.75. The fraction of sp³-hybridized carbons (Fsp3) is 0.120. The fourth-order valence-electron chi connectivity index (χ4n) is 4.37. The van der Waals surface area contributed by atoms with Crippen LogP contribution < -0.4 is 0 Å². The molecule has 4 aromatic carbocycles. The van der Waals surface area contributed by atoms with Crippen molar-refractivity contribution in [3.8, 4) is 22.3 Å². The van der Waals surface area contributed by atoms with E-state index < -0.39 is 0 Å². The van der Waals surface area contributed by atoms with E-state index in [0.29, 0.717) is 0 Å². The molecule has 0 atom stereocenters. The molecule has 1 aliphatic rings. The van der Waals surface area contributed by atoms with E-state index in [9.17, 15) is 0 Å². The van der Waals surface area contributed by atoms with Gasteiger partial charge in [0.05, 0.1) is 0 Å². The minimum absolute atomic E-state index is 0.00358. The topological polar surface area (TPSA) is 0 Å². The van der Waals surface area contributed by atoms with Crippen molar-refractivity contribution in [2.24, 2.45) is 0 Å². The molecule has 0 heterocycles. The summed E-state index contributed by atoms with van der Waals surface area (Å²) in [4.78, 5) is 0. The van der Waals surface area contributed by atoms with E-state index in [1.165, 1.54) is 38.8 Å². The molecule has 0 nitrogen and oxygen atoms in total. The lowest BCUT2D eigenvalue weighted by Gasteiger charge is -2.22. The van der Waals surface area contributed by atoms with Gasteiger partial charge in [0.2, 0.25) is 0 Å². The molecular formula is C25H19Cl. The highest BCUT2D eigenvalue weighted by molar-refractivity contribution is 6.36. The van der Waals surface area contributed by atoms with Crippen LogP contribution in [0.3, 0.4) is 0 Å². The van der Waals surface area contributed by atoms with Crippen molar-refractivity contribution in [1.82, 2.24) is 0 Å². The average Bonchev–Trinajstić information content (AvgIpc) is 2.89. The number of hydrogen-bond donors (Lipinski definition) is 0. The van der Waals surface area contributed by atoms with Gasteiger partial charge in [0.25, 0.3) is 0 Å². The molecule has 0 bridgehead atoms. The smallest absolute Gasteiger partial charge is 0.0485 e. The van der Waals surface area contributed by atoms with Crippen LogP contribution >= 0.6 is 11.6 Å². The van der Waals surface area contributed by atoms with E-state index in [1.54, 1.807) is 0 Å². The van der Waals surface area contributed by atoms with Crippen molar-refractivity contribution in [2.45, 2.75) is 19.3 Å². The van der Waals surface area contributed by atoms with Crippen LogP contribution in [0.5, 0.6) is 0 Å². The van der Waals surface area contributed by atoms with Crippen molar-refractivity contribution in [3.63, 3.8) is 0 Å². The molecule has 0 spiro atoms. The highest BCUT2D eigenvalue weighted by Crippen LogP contribution is 2.51. The highest BCUT2D eigenvalue weighted by atomic mass is 35.5. The van der Waals surface area contributed by atoms with Crippen LogP contribution in [-0.2, 0) is 5.41 Å². The van der Waals surface area contributed by atoms with Gasteiger partial charge in [0.1, 0.15) is 0 Å². The van der Waals surface area contributed by atoms with Crippen LogP contribution in [0.25, 0.3) is 33.0 Å². The summed E-state index contributed by atoms with van der Waals surface area (Å²) in [5.41, 5.74) is 7.87. The van der Waals surface area contributed by atoms with Gasteiger partial charge in [-0.15, -0.1) is 0 Å². The lowest BCUT2D eigenvalue weighted by Crippen LogP contribution is -2.14. The number of halogens is 1. The number of rotatable bonds is 1. The second-order valence-electron chi connectivity index (χ2n) is 7.57. The summed E-state index contributed by atoms with van der Waals surface area (Å²) in [7, 11) is 0. The van der Waals surface area contributed by atoms with Crippen LogP contribution in [0, 0.1) is 0 Å². The molecule has 1 aliphatic carbocycles. The molecule has 0 radical (unpaired) electrons. The van der Waals surface area contributed by atoms with Gasteiger partial charge < -0.3 is 0 Å². The molecule has 0 saturated heterocycles. The number of benzene rings is 4. The summed E-state index contributed by atoms with van der Waals surface area (Å²) in [6, 6.07) is 28.1. The third kappa shape index (κ3) is 2.09. The van der Waals surface area contributed by atoms with Gasteiger partial charge in [-0.2, -0.15) is 0 Å². The first-order valence-corrected chi connectivity index (χ1v) is 9.37. The predicted molar refractivity (Wildman–Crippen MR) is 112 cm³/mol. The Bertz CT molecular complexity index is 1150. The Hall–Kier alpha value is -2.57. The van der Waals surface area contributed by atoms with Crippen LogP contribution in [-0.4, -0.2) is 0 Å². The quantitative estimate of drug-likeness (QED) is 0.332.